The summed E-state index contributed by atoms with van der Waals surface area (Å²) in [7, 11) is 1.61. The first-order valence-corrected chi connectivity index (χ1v) is 11.1. The topological polar surface area (TPSA) is 105 Å². The second-order valence-electron chi connectivity index (χ2n) is 8.00. The number of hydrogen-bond donors (Lipinski definition) is 2. The van der Waals surface area contributed by atoms with Crippen molar-refractivity contribution in [1.82, 2.24) is 30.6 Å². The van der Waals surface area contributed by atoms with E-state index >= 15 is 0 Å². The lowest BCUT2D eigenvalue weighted by atomic mass is 10.1. The molecule has 9 nitrogen and oxygen atoms in total. The lowest BCUT2D eigenvalue weighted by Crippen LogP contribution is -2.57. The van der Waals surface area contributed by atoms with E-state index < -0.39 is 0 Å². The summed E-state index contributed by atoms with van der Waals surface area (Å²) < 4.78 is 5.59. The third kappa shape index (κ3) is 4.51. The molecule has 1 aliphatic rings. The molecule has 1 unspecified atom stereocenters. The summed E-state index contributed by atoms with van der Waals surface area (Å²) in [6, 6.07) is 13.2. The van der Waals surface area contributed by atoms with Crippen LogP contribution in [0.5, 0.6) is 5.75 Å². The molecule has 5 rings (SSSR count). The Morgan fingerprint density at radius 3 is 2.74 bits per heavy atom. The number of anilines is 1. The van der Waals surface area contributed by atoms with Gasteiger partial charge in [-0.15, -0.1) is 0 Å². The van der Waals surface area contributed by atoms with E-state index in [1.54, 1.807) is 31.9 Å². The Hall–Kier alpha value is -4.11. The van der Waals surface area contributed by atoms with E-state index in [4.69, 9.17) is 14.7 Å². The first kappa shape index (κ1) is 21.7. The van der Waals surface area contributed by atoms with Crippen molar-refractivity contribution in [2.24, 2.45) is 0 Å². The number of rotatable bonds is 6. The highest BCUT2D eigenvalue weighted by Gasteiger charge is 2.28. The maximum absolute atomic E-state index is 12.9. The van der Waals surface area contributed by atoms with Crippen LogP contribution in [0.2, 0.25) is 0 Å². The van der Waals surface area contributed by atoms with Gasteiger partial charge < -0.3 is 20.3 Å². The van der Waals surface area contributed by atoms with Crippen molar-refractivity contribution in [1.29, 1.82) is 0 Å². The number of pyridine rings is 2. The zero-order valence-electron chi connectivity index (χ0n) is 18.8. The van der Waals surface area contributed by atoms with E-state index in [1.807, 2.05) is 42.5 Å². The largest absolute Gasteiger partial charge is 0.494 e. The quantitative estimate of drug-likeness (QED) is 0.456. The van der Waals surface area contributed by atoms with Gasteiger partial charge in [-0.25, -0.2) is 9.97 Å². The normalized spacial score (nSPS) is 15.8. The molecule has 4 heterocycles. The number of nitrogens with one attached hydrogen (secondary N) is 2. The van der Waals surface area contributed by atoms with E-state index in [2.05, 4.69) is 25.5 Å². The number of methoxy groups -OCH3 is 1. The lowest BCUT2D eigenvalue weighted by molar-refractivity contribution is -0.123. The minimum Gasteiger partial charge on any atom is -0.494 e. The van der Waals surface area contributed by atoms with Crippen molar-refractivity contribution in [2.45, 2.75) is 12.6 Å². The number of nitrogens with zero attached hydrogens (tertiary/aromatic N) is 5. The number of piperazine rings is 1. The van der Waals surface area contributed by atoms with Crippen LogP contribution in [0.4, 0.5) is 5.82 Å². The van der Waals surface area contributed by atoms with Crippen LogP contribution in [-0.4, -0.2) is 58.6 Å². The van der Waals surface area contributed by atoms with Crippen molar-refractivity contribution >= 4 is 22.6 Å². The van der Waals surface area contributed by atoms with Crippen LogP contribution in [0, 0.1) is 0 Å². The highest BCUT2D eigenvalue weighted by molar-refractivity contribution is 5.96. The van der Waals surface area contributed by atoms with Crippen LogP contribution < -0.4 is 20.3 Å². The first-order chi connectivity index (χ1) is 16.7. The van der Waals surface area contributed by atoms with Gasteiger partial charge in [-0.2, -0.15) is 0 Å². The molecule has 2 N–H and O–H groups in total. The Bertz CT molecular complexity index is 1280. The van der Waals surface area contributed by atoms with E-state index in [1.165, 1.54) is 0 Å². The van der Waals surface area contributed by atoms with E-state index in [0.29, 0.717) is 43.3 Å². The molecular weight excluding hydrogens is 430 g/mol. The monoisotopic (exact) mass is 455 g/mol. The Balaban J connectivity index is 1.45. The summed E-state index contributed by atoms with van der Waals surface area (Å²) in [5.74, 6) is 1.84. The predicted octanol–water partition coefficient (Wildman–Crippen LogP) is 2.19. The number of amides is 1. The molecule has 9 heteroatoms. The molecule has 0 spiro atoms. The van der Waals surface area contributed by atoms with Crippen LogP contribution in [0.25, 0.3) is 22.3 Å². The zero-order chi connectivity index (χ0) is 23.3. The molecular formula is C25H25N7O2. The van der Waals surface area contributed by atoms with Gasteiger partial charge in [0.2, 0.25) is 5.91 Å². The fourth-order valence-corrected chi connectivity index (χ4v) is 4.08. The molecule has 1 amide bonds. The van der Waals surface area contributed by atoms with Crippen molar-refractivity contribution in [3.8, 4) is 17.1 Å². The summed E-state index contributed by atoms with van der Waals surface area (Å²) >= 11 is 0. The van der Waals surface area contributed by atoms with Gasteiger partial charge in [0.05, 0.1) is 30.4 Å². The molecule has 34 heavy (non-hydrogen) atoms. The number of hydrogen-bond acceptors (Lipinski definition) is 8. The van der Waals surface area contributed by atoms with Crippen LogP contribution in [0.3, 0.4) is 0 Å². The summed E-state index contributed by atoms with van der Waals surface area (Å²) in [6.45, 7) is 2.29. The second kappa shape index (κ2) is 9.80. The molecule has 172 valence electrons. The van der Waals surface area contributed by atoms with Crippen LogP contribution in [0.15, 0.2) is 67.3 Å². The van der Waals surface area contributed by atoms with Gasteiger partial charge in [0.25, 0.3) is 0 Å². The smallest absolute Gasteiger partial charge is 0.239 e. The Kier molecular flexibility index (Phi) is 6.26. The third-order valence-corrected chi connectivity index (χ3v) is 5.81. The highest BCUT2D eigenvalue weighted by Crippen LogP contribution is 2.34. The molecule has 0 bridgehead atoms. The average Bonchev–Trinajstić information content (AvgIpc) is 2.91. The minimum atomic E-state index is -0.375. The number of fused-ring (bicyclic) bond motifs is 1. The molecule has 1 aliphatic heterocycles. The summed E-state index contributed by atoms with van der Waals surface area (Å²) in [5, 5.41) is 7.14. The summed E-state index contributed by atoms with van der Waals surface area (Å²) in [4.78, 5) is 33.1. The van der Waals surface area contributed by atoms with Crippen molar-refractivity contribution < 1.29 is 9.53 Å². The zero-order valence-corrected chi connectivity index (χ0v) is 18.8. The van der Waals surface area contributed by atoms with Gasteiger partial charge >= 0.3 is 0 Å². The second-order valence-corrected chi connectivity index (χ2v) is 8.00. The Morgan fingerprint density at radius 1 is 1.12 bits per heavy atom. The highest BCUT2D eigenvalue weighted by atomic mass is 16.5. The SMILES string of the molecule is COc1cncc2nc(-c3ccncc3)nc(N3CCNC(C(=O)NCc4ccccc4)C3)c12. The fourth-order valence-electron chi connectivity index (χ4n) is 4.08. The maximum atomic E-state index is 12.9. The molecule has 1 fully saturated rings. The van der Waals surface area contributed by atoms with Gasteiger partial charge in [-0.3, -0.25) is 14.8 Å². The number of aromatic nitrogens is 4. The minimum absolute atomic E-state index is 0.0464. The molecule has 3 aromatic heterocycles. The predicted molar refractivity (Wildman–Crippen MR) is 129 cm³/mol. The van der Waals surface area contributed by atoms with E-state index in [9.17, 15) is 4.79 Å². The molecule has 1 aromatic carbocycles. The number of benzene rings is 1. The van der Waals surface area contributed by atoms with Gasteiger partial charge in [0, 0.05) is 44.1 Å². The van der Waals surface area contributed by atoms with Crippen molar-refractivity contribution in [3.05, 3.63) is 72.8 Å². The van der Waals surface area contributed by atoms with Crippen molar-refractivity contribution in [2.75, 3.05) is 31.6 Å². The fraction of sp³-hybridized carbons (Fsp3) is 0.240. The lowest BCUT2D eigenvalue weighted by Gasteiger charge is -2.34. The number of carbonyl (C=O) groups excluding carboxylic acids is 1. The van der Waals surface area contributed by atoms with Crippen LogP contribution in [0.1, 0.15) is 5.56 Å². The third-order valence-electron chi connectivity index (χ3n) is 5.81. The van der Waals surface area contributed by atoms with Gasteiger partial charge in [0.15, 0.2) is 5.82 Å². The first-order valence-electron chi connectivity index (χ1n) is 11.1. The summed E-state index contributed by atoms with van der Waals surface area (Å²) in [6.07, 6.45) is 6.79. The molecule has 0 radical (unpaired) electrons. The molecule has 4 aromatic rings. The molecule has 0 saturated carbocycles. The van der Waals surface area contributed by atoms with Gasteiger partial charge in [-0.05, 0) is 17.7 Å². The van der Waals surface area contributed by atoms with E-state index in [0.717, 1.165) is 22.3 Å². The summed E-state index contributed by atoms with van der Waals surface area (Å²) in [5.41, 5.74) is 2.59. The Morgan fingerprint density at radius 2 is 1.94 bits per heavy atom. The number of carbonyl (C=O) groups is 1. The Labute approximate surface area is 197 Å². The van der Waals surface area contributed by atoms with Gasteiger partial charge in [-0.1, -0.05) is 30.3 Å². The molecule has 1 saturated heterocycles. The molecule has 1 atom stereocenters. The van der Waals surface area contributed by atoms with Gasteiger partial charge in [0.1, 0.15) is 17.6 Å². The van der Waals surface area contributed by atoms with Crippen molar-refractivity contribution in [3.63, 3.8) is 0 Å². The standard InChI is InChI=1S/C25H25N7O2/c1-34-21-15-27-14-19-22(21)24(31-23(30-19)18-7-9-26-10-8-18)32-12-11-28-20(16-32)25(33)29-13-17-5-3-2-4-6-17/h2-10,14-15,20,28H,11-13,16H2,1H3,(H,29,33). The maximum Gasteiger partial charge on any atom is 0.239 e. The average molecular weight is 456 g/mol. The van der Waals surface area contributed by atoms with Crippen LogP contribution in [-0.2, 0) is 11.3 Å². The number of ether oxygens (including phenoxy) is 1. The van der Waals surface area contributed by atoms with E-state index in [-0.39, 0.29) is 11.9 Å². The molecule has 0 aliphatic carbocycles. The van der Waals surface area contributed by atoms with Crippen LogP contribution >= 0.6 is 0 Å².